The molecule has 0 aromatic heterocycles. The van der Waals surface area contributed by atoms with Crippen LogP contribution in [-0.4, -0.2) is 12.2 Å². The summed E-state index contributed by atoms with van der Waals surface area (Å²) in [7, 11) is 0. The summed E-state index contributed by atoms with van der Waals surface area (Å²) in [5, 5.41) is 2.26. The fourth-order valence-corrected chi connectivity index (χ4v) is 2.68. The first-order chi connectivity index (χ1) is 9.83. The van der Waals surface area contributed by atoms with Crippen LogP contribution in [0.5, 0.6) is 0 Å². The van der Waals surface area contributed by atoms with E-state index in [1.54, 1.807) is 0 Å². The average molecular weight is 302 g/mol. The van der Waals surface area contributed by atoms with Gasteiger partial charge in [0.2, 0.25) is 12.2 Å². The standard InChI is InChI=1S/C14H10N2O2S2/c17-9-15-19-7-11-1-3-13-6-12(8-20-16-10-18)2-4-14(13)5-11/h1-6H,7-8H2. The van der Waals surface area contributed by atoms with Crippen molar-refractivity contribution in [3.63, 3.8) is 0 Å². The van der Waals surface area contributed by atoms with Crippen LogP contribution in [0, 0.1) is 0 Å². The summed E-state index contributed by atoms with van der Waals surface area (Å²) < 4.78 is 6.94. The third-order valence-corrected chi connectivity index (χ3v) is 3.97. The van der Waals surface area contributed by atoms with Gasteiger partial charge in [0.05, 0.1) is 0 Å². The van der Waals surface area contributed by atoms with Crippen LogP contribution < -0.4 is 0 Å². The van der Waals surface area contributed by atoms with E-state index in [0.29, 0.717) is 11.5 Å². The lowest BCUT2D eigenvalue weighted by molar-refractivity contribution is 0.565. The van der Waals surface area contributed by atoms with Gasteiger partial charge in [-0.15, -0.1) is 8.80 Å². The molecule has 0 unspecified atom stereocenters. The van der Waals surface area contributed by atoms with Crippen LogP contribution in [0.15, 0.2) is 45.2 Å². The summed E-state index contributed by atoms with van der Waals surface area (Å²) in [6.07, 6.45) is 3.01. The molecule has 0 amide bonds. The van der Waals surface area contributed by atoms with E-state index < -0.39 is 0 Å². The summed E-state index contributed by atoms with van der Waals surface area (Å²) in [6, 6.07) is 12.2. The lowest BCUT2D eigenvalue weighted by Crippen LogP contribution is -1.83. The maximum absolute atomic E-state index is 10.0. The number of hydrogen-bond donors (Lipinski definition) is 0. The van der Waals surface area contributed by atoms with E-state index in [9.17, 15) is 9.59 Å². The van der Waals surface area contributed by atoms with Crippen LogP contribution in [0.4, 0.5) is 0 Å². The van der Waals surface area contributed by atoms with E-state index in [0.717, 1.165) is 21.9 Å². The maximum Gasteiger partial charge on any atom is 0.247 e. The minimum atomic E-state index is 0.650. The zero-order valence-corrected chi connectivity index (χ0v) is 12.0. The van der Waals surface area contributed by atoms with Crippen molar-refractivity contribution >= 4 is 46.8 Å². The van der Waals surface area contributed by atoms with Gasteiger partial charge in [-0.05, 0) is 45.8 Å². The Morgan fingerprint density at radius 1 is 0.800 bits per heavy atom. The highest BCUT2D eigenvalue weighted by Gasteiger charge is 2.00. The molecular weight excluding hydrogens is 292 g/mol. The van der Waals surface area contributed by atoms with Crippen LogP contribution in [-0.2, 0) is 21.1 Å². The number of isocyanates is 2. The van der Waals surface area contributed by atoms with Crippen molar-refractivity contribution in [1.29, 1.82) is 0 Å². The third-order valence-electron chi connectivity index (χ3n) is 2.64. The molecule has 6 heteroatoms. The first-order valence-electron chi connectivity index (χ1n) is 5.73. The first-order valence-corrected chi connectivity index (χ1v) is 7.62. The fraction of sp³-hybridized carbons (Fsp3) is 0.143. The molecule has 0 aliphatic heterocycles. The normalized spacial score (nSPS) is 9.80. The summed E-state index contributed by atoms with van der Waals surface area (Å²) >= 11 is 2.36. The van der Waals surface area contributed by atoms with Crippen molar-refractivity contribution in [2.24, 2.45) is 8.80 Å². The zero-order valence-electron chi connectivity index (χ0n) is 10.4. The molecule has 100 valence electrons. The van der Waals surface area contributed by atoms with Gasteiger partial charge >= 0.3 is 0 Å². The predicted octanol–water partition coefficient (Wildman–Crippen LogP) is 3.81. The molecule has 0 aliphatic rings. The molecule has 0 heterocycles. The van der Waals surface area contributed by atoms with Gasteiger partial charge in [-0.25, -0.2) is 9.59 Å². The van der Waals surface area contributed by atoms with Gasteiger partial charge in [0.15, 0.2) is 0 Å². The van der Waals surface area contributed by atoms with Crippen molar-refractivity contribution in [3.8, 4) is 0 Å². The lowest BCUT2D eigenvalue weighted by atomic mass is 10.1. The molecule has 0 atom stereocenters. The van der Waals surface area contributed by atoms with Gasteiger partial charge in [-0.1, -0.05) is 36.4 Å². The van der Waals surface area contributed by atoms with Crippen molar-refractivity contribution < 1.29 is 9.59 Å². The molecule has 0 spiro atoms. The molecule has 0 saturated heterocycles. The Labute approximate surface area is 124 Å². The number of benzene rings is 2. The molecular formula is C14H10N2O2S2. The zero-order chi connectivity index (χ0) is 14.2. The molecule has 2 rings (SSSR count). The highest BCUT2D eigenvalue weighted by molar-refractivity contribution is 7.97. The lowest BCUT2D eigenvalue weighted by Gasteiger charge is -2.04. The molecule has 4 nitrogen and oxygen atoms in total. The van der Waals surface area contributed by atoms with Crippen molar-refractivity contribution in [2.75, 3.05) is 0 Å². The van der Waals surface area contributed by atoms with Crippen molar-refractivity contribution in [2.45, 2.75) is 11.5 Å². The second kappa shape index (κ2) is 7.68. The fourth-order valence-electron chi connectivity index (χ4n) is 1.79. The number of nitrogens with zero attached hydrogens (tertiary/aromatic N) is 2. The van der Waals surface area contributed by atoms with Gasteiger partial charge in [0, 0.05) is 11.5 Å². The molecule has 2 aromatic rings. The summed E-state index contributed by atoms with van der Waals surface area (Å²) in [4.78, 5) is 20.0. The Morgan fingerprint density at radius 3 is 1.65 bits per heavy atom. The molecule has 0 aliphatic carbocycles. The third kappa shape index (κ3) is 4.08. The van der Waals surface area contributed by atoms with Crippen LogP contribution in [0.3, 0.4) is 0 Å². The number of hydrogen-bond acceptors (Lipinski definition) is 6. The summed E-state index contributed by atoms with van der Waals surface area (Å²) in [5.41, 5.74) is 2.21. The topological polar surface area (TPSA) is 58.9 Å². The Hall–Kier alpha value is -1.84. The number of carbonyl (C=O) groups excluding carboxylic acids is 2. The minimum absolute atomic E-state index is 0.650. The average Bonchev–Trinajstić information content (AvgIpc) is 2.48. The predicted molar refractivity (Wildman–Crippen MR) is 82.8 cm³/mol. The highest BCUT2D eigenvalue weighted by Crippen LogP contribution is 2.23. The van der Waals surface area contributed by atoms with E-state index in [1.165, 1.54) is 36.1 Å². The molecule has 0 fully saturated rings. The Morgan fingerprint density at radius 2 is 1.25 bits per heavy atom. The highest BCUT2D eigenvalue weighted by atomic mass is 32.2. The first kappa shape index (κ1) is 14.6. The van der Waals surface area contributed by atoms with E-state index in [1.807, 2.05) is 24.3 Å². The van der Waals surface area contributed by atoms with E-state index in [2.05, 4.69) is 20.9 Å². The Kier molecular flexibility index (Phi) is 5.59. The second-order valence-electron chi connectivity index (χ2n) is 3.93. The van der Waals surface area contributed by atoms with Gasteiger partial charge in [0.1, 0.15) is 0 Å². The monoisotopic (exact) mass is 302 g/mol. The minimum Gasteiger partial charge on any atom is -0.210 e. The van der Waals surface area contributed by atoms with Gasteiger partial charge < -0.3 is 0 Å². The molecule has 0 bridgehead atoms. The summed E-state index contributed by atoms with van der Waals surface area (Å²) in [6.45, 7) is 0. The maximum atomic E-state index is 10.0. The Bertz CT molecular complexity index is 644. The van der Waals surface area contributed by atoms with E-state index >= 15 is 0 Å². The van der Waals surface area contributed by atoms with Crippen molar-refractivity contribution in [3.05, 3.63) is 47.5 Å². The smallest absolute Gasteiger partial charge is 0.210 e. The van der Waals surface area contributed by atoms with Crippen LogP contribution in [0.1, 0.15) is 11.1 Å². The van der Waals surface area contributed by atoms with E-state index in [-0.39, 0.29) is 0 Å². The van der Waals surface area contributed by atoms with Gasteiger partial charge in [-0.3, -0.25) is 0 Å². The molecule has 20 heavy (non-hydrogen) atoms. The van der Waals surface area contributed by atoms with Gasteiger partial charge in [0.25, 0.3) is 0 Å². The quantitative estimate of drug-likeness (QED) is 0.462. The van der Waals surface area contributed by atoms with Crippen molar-refractivity contribution in [1.82, 2.24) is 0 Å². The second-order valence-corrected chi connectivity index (χ2v) is 5.39. The molecule has 2 aromatic carbocycles. The largest absolute Gasteiger partial charge is 0.247 e. The van der Waals surface area contributed by atoms with E-state index in [4.69, 9.17) is 0 Å². The van der Waals surface area contributed by atoms with Crippen LogP contribution in [0.25, 0.3) is 10.8 Å². The summed E-state index contributed by atoms with van der Waals surface area (Å²) in [5.74, 6) is 1.30. The van der Waals surface area contributed by atoms with Gasteiger partial charge in [-0.2, -0.15) is 0 Å². The van der Waals surface area contributed by atoms with Crippen LogP contribution >= 0.6 is 23.9 Å². The van der Waals surface area contributed by atoms with Crippen LogP contribution in [0.2, 0.25) is 0 Å². The number of rotatable bonds is 6. The SMILES string of the molecule is O=C=NSCc1ccc2cc(CSN=C=O)ccc2c1. The molecule has 0 radical (unpaired) electrons. The number of fused-ring (bicyclic) bond motifs is 1. The molecule has 0 N–H and O–H groups in total. The Balaban J connectivity index is 2.16. The molecule has 0 saturated carbocycles.